The number of rotatable bonds is 9. The molecule has 5 nitrogen and oxygen atoms in total. The Balaban J connectivity index is 1.50. The summed E-state index contributed by atoms with van der Waals surface area (Å²) in [7, 11) is 0. The molecule has 1 N–H and O–H groups in total. The second-order valence-corrected chi connectivity index (χ2v) is 8.02. The van der Waals surface area contributed by atoms with Crippen molar-refractivity contribution in [2.45, 2.75) is 57.5 Å². The van der Waals surface area contributed by atoms with Crippen molar-refractivity contribution in [1.82, 2.24) is 0 Å². The largest absolute Gasteiger partial charge is 0.368 e. The van der Waals surface area contributed by atoms with Crippen molar-refractivity contribution in [2.24, 2.45) is 0 Å². The van der Waals surface area contributed by atoms with Crippen LogP contribution in [0, 0.1) is 0 Å². The second kappa shape index (κ2) is 11.4. The molecule has 0 amide bonds. The number of ether oxygens (including phenoxy) is 4. The Bertz CT molecular complexity index is 863. The minimum absolute atomic E-state index is 0.344. The third kappa shape index (κ3) is 6.03. The maximum atomic E-state index is 10.7. The highest BCUT2D eigenvalue weighted by Crippen LogP contribution is 2.29. The lowest BCUT2D eigenvalue weighted by Crippen LogP contribution is -2.59. The van der Waals surface area contributed by atoms with Crippen LogP contribution >= 0.6 is 0 Å². The van der Waals surface area contributed by atoms with Gasteiger partial charge in [0.1, 0.15) is 18.3 Å². The average Bonchev–Trinajstić information content (AvgIpc) is 2.83. The molecule has 4 rings (SSSR count). The summed E-state index contributed by atoms with van der Waals surface area (Å²) in [6.07, 6.45) is -3.04. The van der Waals surface area contributed by atoms with Crippen LogP contribution in [0.1, 0.15) is 23.6 Å². The smallest absolute Gasteiger partial charge is 0.184 e. The summed E-state index contributed by atoms with van der Waals surface area (Å²) in [6, 6.07) is 29.8. The lowest BCUT2D eigenvalue weighted by molar-refractivity contribution is -0.308. The van der Waals surface area contributed by atoms with E-state index in [4.69, 9.17) is 18.9 Å². The van der Waals surface area contributed by atoms with Crippen molar-refractivity contribution in [3.05, 3.63) is 108 Å². The zero-order chi connectivity index (χ0) is 22.2. The molecule has 0 aromatic heterocycles. The van der Waals surface area contributed by atoms with Crippen LogP contribution in [0.3, 0.4) is 0 Å². The Morgan fingerprint density at radius 3 is 1.41 bits per heavy atom. The maximum absolute atomic E-state index is 10.7. The second-order valence-electron chi connectivity index (χ2n) is 8.02. The van der Waals surface area contributed by atoms with Gasteiger partial charge in [-0.2, -0.15) is 0 Å². The van der Waals surface area contributed by atoms with Gasteiger partial charge in [0.2, 0.25) is 0 Å². The van der Waals surface area contributed by atoms with Gasteiger partial charge in [0.15, 0.2) is 6.29 Å². The van der Waals surface area contributed by atoms with Crippen LogP contribution in [0.4, 0.5) is 0 Å². The van der Waals surface area contributed by atoms with Crippen molar-refractivity contribution >= 4 is 0 Å². The van der Waals surface area contributed by atoms with Crippen molar-refractivity contribution in [1.29, 1.82) is 0 Å². The van der Waals surface area contributed by atoms with Gasteiger partial charge < -0.3 is 24.1 Å². The van der Waals surface area contributed by atoms with Gasteiger partial charge in [0, 0.05) is 0 Å². The van der Waals surface area contributed by atoms with Crippen LogP contribution in [-0.4, -0.2) is 35.8 Å². The van der Waals surface area contributed by atoms with Crippen molar-refractivity contribution in [3.63, 3.8) is 0 Å². The standard InChI is InChI=1S/C27H30O5/c1-20-24(29-17-21-11-5-2-6-12-21)25(30-18-22-13-7-3-8-14-22)26(27(28)32-20)31-19-23-15-9-4-10-16-23/h2-16,20,24-28H,17-19H2,1H3/t20-,24-,25+,26-,27?/m1/s1. The van der Waals surface area contributed by atoms with Crippen LogP contribution in [0.25, 0.3) is 0 Å². The van der Waals surface area contributed by atoms with E-state index in [1.807, 2.05) is 97.9 Å². The lowest BCUT2D eigenvalue weighted by Gasteiger charge is -2.43. The van der Waals surface area contributed by atoms with Gasteiger partial charge in [-0.3, -0.25) is 0 Å². The molecule has 0 spiro atoms. The third-order valence-electron chi connectivity index (χ3n) is 5.60. The van der Waals surface area contributed by atoms with E-state index in [9.17, 15) is 5.11 Å². The lowest BCUT2D eigenvalue weighted by atomic mass is 9.98. The fourth-order valence-corrected chi connectivity index (χ4v) is 3.89. The number of aliphatic hydroxyl groups excluding tert-OH is 1. The Hall–Kier alpha value is -2.54. The Kier molecular flexibility index (Phi) is 8.04. The zero-order valence-electron chi connectivity index (χ0n) is 18.2. The number of benzene rings is 3. The molecule has 5 heteroatoms. The number of hydrogen-bond donors (Lipinski definition) is 1. The molecule has 32 heavy (non-hydrogen) atoms. The van der Waals surface area contributed by atoms with E-state index >= 15 is 0 Å². The van der Waals surface area contributed by atoms with Gasteiger partial charge in [0.05, 0.1) is 25.9 Å². The molecule has 1 unspecified atom stereocenters. The predicted octanol–water partition coefficient (Wildman–Crippen LogP) is 4.48. The molecular weight excluding hydrogens is 404 g/mol. The van der Waals surface area contributed by atoms with Gasteiger partial charge in [-0.15, -0.1) is 0 Å². The summed E-state index contributed by atoms with van der Waals surface area (Å²) >= 11 is 0. The summed E-state index contributed by atoms with van der Waals surface area (Å²) in [5, 5.41) is 10.7. The zero-order valence-corrected chi connectivity index (χ0v) is 18.2. The molecule has 0 bridgehead atoms. The van der Waals surface area contributed by atoms with Crippen molar-refractivity contribution in [2.75, 3.05) is 0 Å². The highest BCUT2D eigenvalue weighted by atomic mass is 16.7. The van der Waals surface area contributed by atoms with E-state index in [1.165, 1.54) is 0 Å². The molecule has 1 aliphatic heterocycles. The van der Waals surface area contributed by atoms with E-state index in [0.29, 0.717) is 19.8 Å². The summed E-state index contributed by atoms with van der Waals surface area (Å²) in [5.74, 6) is 0. The van der Waals surface area contributed by atoms with Crippen LogP contribution in [0.5, 0.6) is 0 Å². The first-order chi connectivity index (χ1) is 15.7. The number of hydrogen-bond acceptors (Lipinski definition) is 5. The summed E-state index contributed by atoms with van der Waals surface area (Å²) in [5.41, 5.74) is 3.13. The van der Waals surface area contributed by atoms with Gasteiger partial charge in [0.25, 0.3) is 0 Å². The van der Waals surface area contributed by atoms with E-state index in [1.54, 1.807) is 0 Å². The molecule has 0 aliphatic carbocycles. The summed E-state index contributed by atoms with van der Waals surface area (Å²) in [6.45, 7) is 3.05. The fraction of sp³-hybridized carbons (Fsp3) is 0.333. The van der Waals surface area contributed by atoms with Gasteiger partial charge in [-0.25, -0.2) is 0 Å². The topological polar surface area (TPSA) is 57.2 Å². The fourth-order valence-electron chi connectivity index (χ4n) is 3.89. The Labute approximate surface area is 189 Å². The van der Waals surface area contributed by atoms with E-state index < -0.39 is 24.6 Å². The van der Waals surface area contributed by atoms with Gasteiger partial charge in [-0.05, 0) is 23.6 Å². The quantitative estimate of drug-likeness (QED) is 0.538. The molecule has 3 aromatic rings. The minimum Gasteiger partial charge on any atom is -0.368 e. The molecule has 1 aliphatic rings. The molecule has 1 heterocycles. The molecule has 168 valence electrons. The minimum atomic E-state index is -1.11. The van der Waals surface area contributed by atoms with Crippen LogP contribution in [-0.2, 0) is 38.8 Å². The highest BCUT2D eigenvalue weighted by Gasteiger charge is 2.46. The van der Waals surface area contributed by atoms with Crippen molar-refractivity contribution < 1.29 is 24.1 Å². The molecular formula is C27H30O5. The first-order valence-corrected chi connectivity index (χ1v) is 11.0. The Morgan fingerprint density at radius 1 is 0.594 bits per heavy atom. The summed E-state index contributed by atoms with van der Waals surface area (Å²) in [4.78, 5) is 0. The highest BCUT2D eigenvalue weighted by molar-refractivity contribution is 5.15. The molecule has 0 saturated carbocycles. The molecule has 5 atom stereocenters. The predicted molar refractivity (Wildman–Crippen MR) is 122 cm³/mol. The van der Waals surface area contributed by atoms with E-state index in [0.717, 1.165) is 16.7 Å². The molecule has 3 aromatic carbocycles. The SMILES string of the molecule is C[C@H]1OC(O)[C@H](OCc2ccccc2)[C@@H](OCc2ccccc2)[C@@H]1OCc1ccccc1. The van der Waals surface area contributed by atoms with Gasteiger partial charge >= 0.3 is 0 Å². The van der Waals surface area contributed by atoms with E-state index in [2.05, 4.69) is 0 Å². The first-order valence-electron chi connectivity index (χ1n) is 11.0. The normalized spacial score (nSPS) is 25.5. The van der Waals surface area contributed by atoms with Crippen LogP contribution in [0.15, 0.2) is 91.0 Å². The van der Waals surface area contributed by atoms with Crippen molar-refractivity contribution in [3.8, 4) is 0 Å². The monoisotopic (exact) mass is 434 g/mol. The molecule has 1 fully saturated rings. The first kappa shape index (κ1) is 22.6. The average molecular weight is 435 g/mol. The molecule has 1 saturated heterocycles. The van der Waals surface area contributed by atoms with Gasteiger partial charge in [-0.1, -0.05) is 91.0 Å². The maximum Gasteiger partial charge on any atom is 0.184 e. The molecule has 0 radical (unpaired) electrons. The summed E-state index contributed by atoms with van der Waals surface area (Å²) < 4.78 is 24.5. The van der Waals surface area contributed by atoms with Crippen LogP contribution < -0.4 is 0 Å². The van der Waals surface area contributed by atoms with E-state index in [-0.39, 0.29) is 6.10 Å². The Morgan fingerprint density at radius 2 is 0.969 bits per heavy atom. The third-order valence-corrected chi connectivity index (χ3v) is 5.60. The number of aliphatic hydroxyl groups is 1. The van der Waals surface area contributed by atoms with Crippen LogP contribution in [0.2, 0.25) is 0 Å².